The third kappa shape index (κ3) is 1.89. The highest BCUT2D eigenvalue weighted by Crippen LogP contribution is 2.28. The number of aromatic nitrogens is 3. The predicted molar refractivity (Wildman–Crippen MR) is 85.3 cm³/mol. The average molecular weight is 292 g/mol. The summed E-state index contributed by atoms with van der Waals surface area (Å²) in [5.74, 6) is 1.96. The van der Waals surface area contributed by atoms with Gasteiger partial charge in [0, 0.05) is 11.5 Å². The molecule has 1 aliphatic rings. The van der Waals surface area contributed by atoms with Crippen molar-refractivity contribution in [3.05, 3.63) is 47.9 Å². The van der Waals surface area contributed by atoms with Gasteiger partial charge in [-0.2, -0.15) is 0 Å². The van der Waals surface area contributed by atoms with E-state index in [0.717, 1.165) is 28.1 Å². The molecular weight excluding hydrogens is 276 g/mol. The summed E-state index contributed by atoms with van der Waals surface area (Å²) in [5.41, 5.74) is 3.92. The van der Waals surface area contributed by atoms with Crippen LogP contribution in [0, 0.1) is 0 Å². The fourth-order valence-corrected chi connectivity index (χ4v) is 2.92. The molecule has 110 valence electrons. The van der Waals surface area contributed by atoms with Crippen molar-refractivity contribution in [3.63, 3.8) is 0 Å². The highest BCUT2D eigenvalue weighted by molar-refractivity contribution is 5.98. The second-order valence-corrected chi connectivity index (χ2v) is 5.88. The number of hydrogen-bond acceptors (Lipinski definition) is 3. The molecule has 4 rings (SSSR count). The van der Waals surface area contributed by atoms with Crippen LogP contribution in [-0.2, 0) is 11.2 Å². The zero-order valence-corrected chi connectivity index (χ0v) is 12.5. The first kappa shape index (κ1) is 13.0. The van der Waals surface area contributed by atoms with Crippen LogP contribution in [0.3, 0.4) is 0 Å². The first-order chi connectivity index (χ1) is 10.6. The van der Waals surface area contributed by atoms with Gasteiger partial charge >= 0.3 is 0 Å². The summed E-state index contributed by atoms with van der Waals surface area (Å²) in [6.45, 7) is 4.26. The number of hydrogen-bond donors (Lipinski definition) is 1. The number of rotatable bonds is 2. The van der Waals surface area contributed by atoms with Gasteiger partial charge in [-0.15, -0.1) is 0 Å². The minimum absolute atomic E-state index is 0.000720. The van der Waals surface area contributed by atoms with Crippen molar-refractivity contribution in [3.8, 4) is 5.69 Å². The van der Waals surface area contributed by atoms with Gasteiger partial charge in [-0.05, 0) is 18.2 Å². The molecule has 1 amide bonds. The maximum atomic E-state index is 11.5. The van der Waals surface area contributed by atoms with Crippen LogP contribution in [0.1, 0.15) is 31.2 Å². The number of nitrogens with zero attached hydrogens (tertiary/aromatic N) is 3. The molecule has 22 heavy (non-hydrogen) atoms. The van der Waals surface area contributed by atoms with Crippen LogP contribution in [-0.4, -0.2) is 20.4 Å². The Bertz CT molecular complexity index is 895. The number of amides is 1. The third-order valence-corrected chi connectivity index (χ3v) is 3.92. The van der Waals surface area contributed by atoms with Crippen LogP contribution in [0.5, 0.6) is 0 Å². The zero-order chi connectivity index (χ0) is 15.3. The van der Waals surface area contributed by atoms with Crippen LogP contribution in [0.4, 0.5) is 5.82 Å². The summed E-state index contributed by atoms with van der Waals surface area (Å²) in [4.78, 5) is 20.7. The summed E-state index contributed by atoms with van der Waals surface area (Å²) >= 11 is 0. The van der Waals surface area contributed by atoms with Crippen molar-refractivity contribution < 1.29 is 4.79 Å². The molecule has 0 bridgehead atoms. The molecule has 2 aromatic heterocycles. The number of para-hydroxylation sites is 2. The Morgan fingerprint density at radius 2 is 2.09 bits per heavy atom. The first-order valence-corrected chi connectivity index (χ1v) is 7.40. The van der Waals surface area contributed by atoms with E-state index in [0.29, 0.717) is 18.2 Å². The summed E-state index contributed by atoms with van der Waals surface area (Å²) in [6.07, 6.45) is 2.18. The van der Waals surface area contributed by atoms with E-state index >= 15 is 0 Å². The highest BCUT2D eigenvalue weighted by atomic mass is 16.1. The number of imidazole rings is 1. The largest absolute Gasteiger partial charge is 0.310 e. The summed E-state index contributed by atoms with van der Waals surface area (Å²) < 4.78 is 2.13. The lowest BCUT2D eigenvalue weighted by Gasteiger charge is -2.12. The van der Waals surface area contributed by atoms with E-state index in [2.05, 4.69) is 34.8 Å². The van der Waals surface area contributed by atoms with Crippen LogP contribution < -0.4 is 5.32 Å². The summed E-state index contributed by atoms with van der Waals surface area (Å²) in [7, 11) is 0. The van der Waals surface area contributed by atoms with Crippen LogP contribution in [0.2, 0.25) is 0 Å². The Labute approximate surface area is 128 Å². The Morgan fingerprint density at radius 1 is 1.27 bits per heavy atom. The summed E-state index contributed by atoms with van der Waals surface area (Å²) in [5, 5.41) is 2.77. The smallest absolute Gasteiger partial charge is 0.230 e. The maximum Gasteiger partial charge on any atom is 0.230 e. The predicted octanol–water partition coefficient (Wildman–Crippen LogP) is 3.04. The molecule has 3 heterocycles. The monoisotopic (exact) mass is 292 g/mol. The molecule has 0 aliphatic carbocycles. The van der Waals surface area contributed by atoms with Crippen LogP contribution in [0.25, 0.3) is 16.7 Å². The molecule has 0 spiro atoms. The van der Waals surface area contributed by atoms with Crippen molar-refractivity contribution in [1.82, 2.24) is 14.5 Å². The van der Waals surface area contributed by atoms with Gasteiger partial charge in [-0.3, -0.25) is 9.36 Å². The molecule has 0 saturated heterocycles. The molecule has 1 aliphatic heterocycles. The molecule has 0 unspecified atom stereocenters. The van der Waals surface area contributed by atoms with Gasteiger partial charge in [-0.1, -0.05) is 26.0 Å². The van der Waals surface area contributed by atoms with Crippen molar-refractivity contribution in [1.29, 1.82) is 0 Å². The quantitative estimate of drug-likeness (QED) is 0.789. The fraction of sp³-hybridized carbons (Fsp3) is 0.235. The fourth-order valence-electron chi connectivity index (χ4n) is 2.92. The molecule has 0 fully saturated rings. The minimum atomic E-state index is -0.000720. The van der Waals surface area contributed by atoms with E-state index in [9.17, 15) is 4.79 Å². The third-order valence-electron chi connectivity index (χ3n) is 3.92. The van der Waals surface area contributed by atoms with E-state index in [4.69, 9.17) is 4.98 Å². The number of nitrogens with one attached hydrogen (secondary N) is 1. The zero-order valence-electron chi connectivity index (χ0n) is 12.5. The van der Waals surface area contributed by atoms with Crippen molar-refractivity contribution >= 4 is 22.8 Å². The lowest BCUT2D eigenvalue weighted by molar-refractivity contribution is -0.115. The molecule has 1 aromatic carbocycles. The van der Waals surface area contributed by atoms with E-state index in [1.54, 1.807) is 6.20 Å². The second kappa shape index (κ2) is 4.66. The number of pyridine rings is 1. The van der Waals surface area contributed by atoms with Gasteiger partial charge in [0.25, 0.3) is 0 Å². The molecule has 3 aromatic rings. The van der Waals surface area contributed by atoms with Gasteiger partial charge in [0.05, 0.1) is 29.3 Å². The highest BCUT2D eigenvalue weighted by Gasteiger charge is 2.21. The van der Waals surface area contributed by atoms with E-state index in [-0.39, 0.29) is 5.91 Å². The molecule has 0 atom stereocenters. The average Bonchev–Trinajstić information content (AvgIpc) is 3.05. The number of carbonyl (C=O) groups excluding carboxylic acids is 1. The van der Waals surface area contributed by atoms with E-state index in [1.165, 1.54) is 0 Å². The van der Waals surface area contributed by atoms with E-state index < -0.39 is 0 Å². The number of benzene rings is 1. The Balaban J connectivity index is 1.96. The van der Waals surface area contributed by atoms with Crippen molar-refractivity contribution in [2.45, 2.75) is 26.2 Å². The van der Waals surface area contributed by atoms with Crippen LogP contribution >= 0.6 is 0 Å². The Morgan fingerprint density at radius 3 is 2.91 bits per heavy atom. The molecule has 1 N–H and O–H groups in total. The normalized spacial score (nSPS) is 13.7. The van der Waals surface area contributed by atoms with Crippen molar-refractivity contribution in [2.24, 2.45) is 0 Å². The number of fused-ring (bicyclic) bond motifs is 2. The lowest BCUT2D eigenvalue weighted by atomic mass is 10.2. The van der Waals surface area contributed by atoms with Crippen molar-refractivity contribution in [2.75, 3.05) is 5.32 Å². The standard InChI is InChI=1S/C17H16N4O/c1-10(2)17-19-13-5-3-4-6-14(13)21(17)12-7-11-8-15(22)20-16(11)18-9-12/h3-7,9-10H,8H2,1-2H3,(H,18,20,22). The Hall–Kier alpha value is -2.69. The summed E-state index contributed by atoms with van der Waals surface area (Å²) in [6, 6.07) is 10.1. The van der Waals surface area contributed by atoms with Gasteiger partial charge in [0.2, 0.25) is 5.91 Å². The van der Waals surface area contributed by atoms with Gasteiger partial charge in [-0.25, -0.2) is 9.97 Å². The maximum absolute atomic E-state index is 11.5. The Kier molecular flexibility index (Phi) is 2.76. The number of carbonyl (C=O) groups is 1. The van der Waals surface area contributed by atoms with Crippen LogP contribution in [0.15, 0.2) is 36.5 Å². The van der Waals surface area contributed by atoms with Gasteiger partial charge in [0.15, 0.2) is 0 Å². The molecule has 0 radical (unpaired) electrons. The second-order valence-electron chi connectivity index (χ2n) is 5.88. The van der Waals surface area contributed by atoms with Gasteiger partial charge in [0.1, 0.15) is 11.6 Å². The molecule has 5 heteroatoms. The molecular formula is C17H16N4O. The van der Waals surface area contributed by atoms with E-state index in [1.807, 2.05) is 24.3 Å². The van der Waals surface area contributed by atoms with Gasteiger partial charge < -0.3 is 5.32 Å². The molecule has 0 saturated carbocycles. The first-order valence-electron chi connectivity index (χ1n) is 7.40. The topological polar surface area (TPSA) is 59.8 Å². The lowest BCUT2D eigenvalue weighted by Crippen LogP contribution is -2.04. The SMILES string of the molecule is CC(C)c1nc2ccccc2n1-c1cnc2c(c1)CC(=O)N2. The minimum Gasteiger partial charge on any atom is -0.310 e. The molecule has 5 nitrogen and oxygen atoms in total. The number of anilines is 1.